The zero-order valence-corrected chi connectivity index (χ0v) is 10.7. The molecule has 0 saturated carbocycles. The van der Waals surface area contributed by atoms with Crippen molar-refractivity contribution >= 4 is 29.7 Å². The van der Waals surface area contributed by atoms with E-state index in [4.69, 9.17) is 15.3 Å². The molecule has 0 aliphatic carbocycles. The van der Waals surface area contributed by atoms with Crippen molar-refractivity contribution in [3.8, 4) is 0 Å². The number of carboxylic acid groups (broad SMARTS) is 3. The molecule has 10 nitrogen and oxygen atoms in total. The van der Waals surface area contributed by atoms with Crippen LogP contribution in [0, 0.1) is 0 Å². The van der Waals surface area contributed by atoms with Gasteiger partial charge in [-0.05, 0) is 6.42 Å². The zero-order valence-electron chi connectivity index (χ0n) is 10.7. The lowest BCUT2D eigenvalue weighted by molar-refractivity contribution is -0.160. The van der Waals surface area contributed by atoms with Crippen molar-refractivity contribution in [1.29, 1.82) is 0 Å². The first-order chi connectivity index (χ1) is 9.58. The van der Waals surface area contributed by atoms with Crippen LogP contribution in [0.15, 0.2) is 0 Å². The lowest BCUT2D eigenvalue weighted by Crippen LogP contribution is -2.49. The molecule has 0 bridgehead atoms. The Bertz CT molecular complexity index is 514. The van der Waals surface area contributed by atoms with Gasteiger partial charge in [0.25, 0.3) is 5.91 Å². The predicted octanol–water partition coefficient (Wildman–Crippen LogP) is -1.73. The number of imide groups is 1. The summed E-state index contributed by atoms with van der Waals surface area (Å²) in [6.45, 7) is 0. The van der Waals surface area contributed by atoms with Gasteiger partial charge in [-0.15, -0.1) is 0 Å². The molecule has 1 saturated heterocycles. The van der Waals surface area contributed by atoms with Gasteiger partial charge >= 0.3 is 17.9 Å². The van der Waals surface area contributed by atoms with Gasteiger partial charge in [-0.1, -0.05) is 0 Å². The zero-order chi connectivity index (χ0) is 16.4. The minimum atomic E-state index is -2.50. The molecule has 0 aromatic carbocycles. The van der Waals surface area contributed by atoms with Crippen LogP contribution in [-0.2, 0) is 24.0 Å². The van der Waals surface area contributed by atoms with Crippen molar-refractivity contribution in [3.63, 3.8) is 0 Å². The van der Waals surface area contributed by atoms with Crippen LogP contribution in [0.1, 0.15) is 25.7 Å². The number of aliphatic carboxylic acids is 3. The van der Waals surface area contributed by atoms with E-state index in [1.165, 1.54) is 0 Å². The maximum Gasteiger partial charge on any atom is 0.326 e. The van der Waals surface area contributed by atoms with Gasteiger partial charge in [-0.25, -0.2) is 4.79 Å². The highest BCUT2D eigenvalue weighted by Crippen LogP contribution is 2.30. The summed E-state index contributed by atoms with van der Waals surface area (Å²) in [6, 6.07) is -1.76. The molecule has 4 N–H and O–H groups in total. The van der Waals surface area contributed by atoms with Crippen molar-refractivity contribution < 1.29 is 44.4 Å². The minimum absolute atomic E-state index is 0.230. The fraction of sp³-hybridized carbons (Fsp3) is 0.545. The molecule has 1 heterocycles. The van der Waals surface area contributed by atoms with Gasteiger partial charge in [0, 0.05) is 6.42 Å². The van der Waals surface area contributed by atoms with Gasteiger partial charge in [-0.2, -0.15) is 0 Å². The van der Waals surface area contributed by atoms with Crippen molar-refractivity contribution in [2.45, 2.75) is 37.3 Å². The lowest BCUT2D eigenvalue weighted by Gasteiger charge is -2.24. The van der Waals surface area contributed by atoms with Gasteiger partial charge < -0.3 is 20.4 Å². The van der Waals surface area contributed by atoms with Crippen LogP contribution >= 0.6 is 0 Å². The molecular formula is C11H13NO9. The Morgan fingerprint density at radius 1 is 1.14 bits per heavy atom. The third-order valence-electron chi connectivity index (χ3n) is 3.00. The third-order valence-corrected chi connectivity index (χ3v) is 3.00. The first-order valence-electron chi connectivity index (χ1n) is 5.84. The number of rotatable bonds is 7. The highest BCUT2D eigenvalue weighted by atomic mass is 16.4. The number of aliphatic hydroxyl groups is 1. The van der Waals surface area contributed by atoms with E-state index in [-0.39, 0.29) is 4.90 Å². The second-order valence-electron chi connectivity index (χ2n) is 4.63. The summed E-state index contributed by atoms with van der Waals surface area (Å²) >= 11 is 0. The van der Waals surface area contributed by atoms with E-state index in [1.807, 2.05) is 0 Å². The van der Waals surface area contributed by atoms with Crippen LogP contribution in [0.25, 0.3) is 0 Å². The van der Waals surface area contributed by atoms with E-state index in [0.29, 0.717) is 0 Å². The van der Waals surface area contributed by atoms with Crippen LogP contribution in [0.5, 0.6) is 0 Å². The summed E-state index contributed by atoms with van der Waals surface area (Å²) in [5.74, 6) is -6.86. The number of nitrogens with zero attached hydrogens (tertiary/aromatic N) is 1. The molecule has 2 unspecified atom stereocenters. The smallest absolute Gasteiger partial charge is 0.326 e. The molecule has 1 fully saturated rings. The molecule has 2 atom stereocenters. The van der Waals surface area contributed by atoms with E-state index in [0.717, 1.165) is 0 Å². The summed E-state index contributed by atoms with van der Waals surface area (Å²) in [7, 11) is 0. The van der Waals surface area contributed by atoms with Gasteiger partial charge in [0.1, 0.15) is 6.04 Å². The molecule has 0 spiro atoms. The molecule has 1 rings (SSSR count). The van der Waals surface area contributed by atoms with Crippen LogP contribution < -0.4 is 0 Å². The van der Waals surface area contributed by atoms with Gasteiger partial charge in [0.15, 0.2) is 5.60 Å². The second kappa shape index (κ2) is 5.87. The number of carbonyl (C=O) groups is 5. The number of hydrogen-bond donors (Lipinski definition) is 4. The van der Waals surface area contributed by atoms with E-state index in [9.17, 15) is 29.1 Å². The maximum atomic E-state index is 11.9. The van der Waals surface area contributed by atoms with Gasteiger partial charge in [0.05, 0.1) is 12.8 Å². The summed E-state index contributed by atoms with van der Waals surface area (Å²) in [4.78, 5) is 56.0. The largest absolute Gasteiger partial charge is 0.481 e. The monoisotopic (exact) mass is 303 g/mol. The highest BCUT2D eigenvalue weighted by Gasteiger charge is 2.54. The number of carboxylic acids is 3. The second-order valence-corrected chi connectivity index (χ2v) is 4.63. The van der Waals surface area contributed by atoms with Crippen LogP contribution in [0.3, 0.4) is 0 Å². The Morgan fingerprint density at radius 2 is 1.71 bits per heavy atom. The predicted molar refractivity (Wildman–Crippen MR) is 62.0 cm³/mol. The fourth-order valence-corrected chi connectivity index (χ4v) is 2.08. The first-order valence-corrected chi connectivity index (χ1v) is 5.84. The Labute approximate surface area is 117 Å². The van der Waals surface area contributed by atoms with Crippen LogP contribution in [0.2, 0.25) is 0 Å². The Hall–Kier alpha value is -2.49. The van der Waals surface area contributed by atoms with Gasteiger partial charge in [-0.3, -0.25) is 24.1 Å². The molecule has 0 aromatic heterocycles. The number of hydrogen-bond acceptors (Lipinski definition) is 6. The summed E-state index contributed by atoms with van der Waals surface area (Å²) in [5, 5.41) is 36.0. The average Bonchev–Trinajstić information content (AvgIpc) is 2.50. The molecule has 1 aliphatic heterocycles. The Morgan fingerprint density at radius 3 is 2.14 bits per heavy atom. The number of amides is 2. The maximum absolute atomic E-state index is 11.9. The quantitative estimate of drug-likeness (QED) is 0.399. The van der Waals surface area contributed by atoms with E-state index >= 15 is 0 Å². The first kappa shape index (κ1) is 16.6. The molecule has 21 heavy (non-hydrogen) atoms. The topological polar surface area (TPSA) is 170 Å². The SMILES string of the molecule is O=C(O)CCC(C(=O)O)N1C(=O)CC(O)(CC(=O)O)C1=O. The molecule has 10 heteroatoms. The summed E-state index contributed by atoms with van der Waals surface area (Å²) < 4.78 is 0. The molecule has 0 aromatic rings. The Balaban J connectivity index is 3.01. The molecule has 1 aliphatic rings. The van der Waals surface area contributed by atoms with Crippen molar-refractivity contribution in [2.24, 2.45) is 0 Å². The lowest BCUT2D eigenvalue weighted by atomic mass is 9.98. The fourth-order valence-electron chi connectivity index (χ4n) is 2.08. The molecule has 0 radical (unpaired) electrons. The van der Waals surface area contributed by atoms with Crippen LogP contribution in [-0.4, -0.2) is 66.7 Å². The van der Waals surface area contributed by atoms with Gasteiger partial charge in [0.2, 0.25) is 5.91 Å². The normalized spacial score (nSPS) is 23.2. The van der Waals surface area contributed by atoms with Crippen molar-refractivity contribution in [2.75, 3.05) is 0 Å². The van der Waals surface area contributed by atoms with E-state index in [2.05, 4.69) is 0 Å². The Kier molecular flexibility index (Phi) is 4.63. The highest BCUT2D eigenvalue weighted by molar-refractivity contribution is 6.11. The van der Waals surface area contributed by atoms with E-state index in [1.54, 1.807) is 0 Å². The number of carbonyl (C=O) groups excluding carboxylic acids is 2. The minimum Gasteiger partial charge on any atom is -0.481 e. The van der Waals surface area contributed by atoms with Crippen molar-refractivity contribution in [3.05, 3.63) is 0 Å². The molecule has 116 valence electrons. The molecular weight excluding hydrogens is 290 g/mol. The summed E-state index contributed by atoms with van der Waals surface area (Å²) in [5.41, 5.74) is -2.50. The van der Waals surface area contributed by atoms with Crippen molar-refractivity contribution in [1.82, 2.24) is 4.90 Å². The average molecular weight is 303 g/mol. The molecule has 2 amide bonds. The number of likely N-dealkylation sites (tertiary alicyclic amines) is 1. The third kappa shape index (κ3) is 3.54. The van der Waals surface area contributed by atoms with E-state index < -0.39 is 67.0 Å². The standard InChI is InChI=1S/C11H13NO9/c13-6-3-11(21,4-8(16)17)10(20)12(6)5(9(18)19)1-2-7(14)15/h5,21H,1-4H2,(H,14,15)(H,16,17)(H,18,19). The summed E-state index contributed by atoms with van der Waals surface area (Å²) in [6.07, 6.45) is -3.04. The van der Waals surface area contributed by atoms with Crippen LogP contribution in [0.4, 0.5) is 0 Å².